The lowest BCUT2D eigenvalue weighted by Gasteiger charge is -2.26. The van der Waals surface area contributed by atoms with Crippen molar-refractivity contribution in [3.63, 3.8) is 0 Å². The molecule has 2 atom stereocenters. The Hall–Kier alpha value is -2.37. The van der Waals surface area contributed by atoms with Crippen LogP contribution in [0.1, 0.15) is 62.0 Å². The molecular formula is C18H24N4O2. The Balaban J connectivity index is 1.66. The molecule has 24 heavy (non-hydrogen) atoms. The maximum atomic E-state index is 12.5. The topological polar surface area (TPSA) is 80.0 Å². The summed E-state index contributed by atoms with van der Waals surface area (Å²) in [6.45, 7) is 3.59. The average molecular weight is 328 g/mol. The van der Waals surface area contributed by atoms with E-state index < -0.39 is 0 Å². The Labute approximate surface area is 142 Å². The second-order valence-electron chi connectivity index (χ2n) is 6.45. The number of hydrogen-bond acceptors (Lipinski definition) is 4. The summed E-state index contributed by atoms with van der Waals surface area (Å²) in [7, 11) is 0. The van der Waals surface area contributed by atoms with Gasteiger partial charge in [-0.05, 0) is 38.2 Å². The van der Waals surface area contributed by atoms with Gasteiger partial charge in [-0.25, -0.2) is 4.79 Å². The lowest BCUT2D eigenvalue weighted by Crippen LogP contribution is -2.41. The SMILES string of the molecule is Cc1noc([C@H](C)NC(=O)N[C@@H](c2ccccc2)C2CCCC2)n1. The van der Waals surface area contributed by atoms with Crippen LogP contribution in [0, 0.1) is 12.8 Å². The van der Waals surface area contributed by atoms with Crippen LogP contribution >= 0.6 is 0 Å². The van der Waals surface area contributed by atoms with Gasteiger partial charge in [0.05, 0.1) is 6.04 Å². The fourth-order valence-corrected chi connectivity index (χ4v) is 3.35. The van der Waals surface area contributed by atoms with Crippen LogP contribution in [0.15, 0.2) is 34.9 Å². The molecule has 1 saturated carbocycles. The van der Waals surface area contributed by atoms with E-state index in [9.17, 15) is 4.79 Å². The number of aromatic nitrogens is 2. The van der Waals surface area contributed by atoms with Gasteiger partial charge in [-0.2, -0.15) is 4.98 Å². The van der Waals surface area contributed by atoms with Crippen LogP contribution in [-0.4, -0.2) is 16.2 Å². The van der Waals surface area contributed by atoms with E-state index in [4.69, 9.17) is 4.52 Å². The molecule has 1 aliphatic rings. The van der Waals surface area contributed by atoms with Crippen molar-refractivity contribution in [1.29, 1.82) is 0 Å². The molecule has 0 bridgehead atoms. The Morgan fingerprint density at radius 3 is 2.54 bits per heavy atom. The molecule has 1 heterocycles. The van der Waals surface area contributed by atoms with Crippen LogP contribution in [-0.2, 0) is 0 Å². The molecule has 6 nitrogen and oxygen atoms in total. The first-order chi connectivity index (χ1) is 11.6. The number of carbonyl (C=O) groups is 1. The second-order valence-corrected chi connectivity index (χ2v) is 6.45. The molecule has 1 aliphatic carbocycles. The zero-order valence-corrected chi connectivity index (χ0v) is 14.2. The number of rotatable bonds is 5. The number of nitrogens with zero attached hydrogens (tertiary/aromatic N) is 2. The smallest absolute Gasteiger partial charge is 0.315 e. The molecule has 0 aliphatic heterocycles. The highest BCUT2D eigenvalue weighted by atomic mass is 16.5. The van der Waals surface area contributed by atoms with E-state index in [0.717, 1.165) is 18.4 Å². The zero-order chi connectivity index (χ0) is 16.9. The van der Waals surface area contributed by atoms with Crippen LogP contribution < -0.4 is 10.6 Å². The number of amides is 2. The average Bonchev–Trinajstić information content (AvgIpc) is 3.25. The Morgan fingerprint density at radius 1 is 1.21 bits per heavy atom. The maximum absolute atomic E-state index is 12.5. The molecule has 2 N–H and O–H groups in total. The van der Waals surface area contributed by atoms with E-state index in [1.54, 1.807) is 6.92 Å². The van der Waals surface area contributed by atoms with Gasteiger partial charge in [-0.15, -0.1) is 0 Å². The number of hydrogen-bond donors (Lipinski definition) is 2. The molecule has 1 fully saturated rings. The molecule has 1 aromatic carbocycles. The van der Waals surface area contributed by atoms with Gasteiger partial charge in [0.1, 0.15) is 6.04 Å². The lowest BCUT2D eigenvalue weighted by molar-refractivity contribution is 0.224. The highest BCUT2D eigenvalue weighted by molar-refractivity contribution is 5.74. The van der Waals surface area contributed by atoms with Gasteiger partial charge in [0.25, 0.3) is 0 Å². The predicted molar refractivity (Wildman–Crippen MR) is 90.3 cm³/mol. The molecule has 0 unspecified atom stereocenters. The summed E-state index contributed by atoms with van der Waals surface area (Å²) in [4.78, 5) is 16.6. The van der Waals surface area contributed by atoms with E-state index >= 15 is 0 Å². The van der Waals surface area contributed by atoms with Crippen molar-refractivity contribution in [2.45, 2.75) is 51.6 Å². The minimum absolute atomic E-state index is 0.0327. The summed E-state index contributed by atoms with van der Waals surface area (Å²) in [6, 6.07) is 9.68. The molecule has 2 aromatic rings. The molecule has 128 valence electrons. The first-order valence-corrected chi connectivity index (χ1v) is 8.55. The van der Waals surface area contributed by atoms with Gasteiger partial charge in [-0.3, -0.25) is 0 Å². The van der Waals surface area contributed by atoms with Crippen LogP contribution in [0.25, 0.3) is 0 Å². The number of aryl methyl sites for hydroxylation is 1. The van der Waals surface area contributed by atoms with E-state index in [0.29, 0.717) is 17.6 Å². The van der Waals surface area contributed by atoms with E-state index in [2.05, 4.69) is 32.9 Å². The number of urea groups is 1. The van der Waals surface area contributed by atoms with Crippen molar-refractivity contribution in [2.75, 3.05) is 0 Å². The summed E-state index contributed by atoms with van der Waals surface area (Å²) in [5.74, 6) is 1.46. The van der Waals surface area contributed by atoms with Crippen molar-refractivity contribution < 1.29 is 9.32 Å². The predicted octanol–water partition coefficient (Wildman–Crippen LogP) is 3.67. The van der Waals surface area contributed by atoms with Crippen molar-refractivity contribution in [2.24, 2.45) is 5.92 Å². The van der Waals surface area contributed by atoms with Crippen LogP contribution in [0.3, 0.4) is 0 Å². The summed E-state index contributed by atoms with van der Waals surface area (Å²) in [5, 5.41) is 9.79. The third kappa shape index (κ3) is 3.93. The summed E-state index contributed by atoms with van der Waals surface area (Å²) in [6.07, 6.45) is 4.76. The Bertz CT molecular complexity index is 665. The minimum atomic E-state index is -0.328. The van der Waals surface area contributed by atoms with Crippen LogP contribution in [0.2, 0.25) is 0 Å². The Morgan fingerprint density at radius 2 is 1.92 bits per heavy atom. The van der Waals surface area contributed by atoms with E-state index in [1.807, 2.05) is 25.1 Å². The molecule has 3 rings (SSSR count). The third-order valence-corrected chi connectivity index (χ3v) is 4.58. The first kappa shape index (κ1) is 16.5. The molecule has 6 heteroatoms. The summed E-state index contributed by atoms with van der Waals surface area (Å²) >= 11 is 0. The highest BCUT2D eigenvalue weighted by Crippen LogP contribution is 2.35. The standard InChI is InChI=1S/C18H24N4O2/c1-12(17-20-13(2)22-24-17)19-18(23)21-16(15-10-6-7-11-15)14-8-4-3-5-9-14/h3-5,8-9,12,15-16H,6-7,10-11H2,1-2H3,(H2,19,21,23)/t12-,16-/m0/s1. The first-order valence-electron chi connectivity index (χ1n) is 8.55. The molecule has 0 spiro atoms. The number of nitrogens with one attached hydrogen (secondary N) is 2. The van der Waals surface area contributed by atoms with Gasteiger partial charge < -0.3 is 15.2 Å². The van der Waals surface area contributed by atoms with Gasteiger partial charge in [-0.1, -0.05) is 48.3 Å². The molecular weight excluding hydrogens is 304 g/mol. The third-order valence-electron chi connectivity index (χ3n) is 4.58. The van der Waals surface area contributed by atoms with E-state index in [1.165, 1.54) is 12.8 Å². The fraction of sp³-hybridized carbons (Fsp3) is 0.500. The summed E-state index contributed by atoms with van der Waals surface area (Å²) < 4.78 is 5.11. The quantitative estimate of drug-likeness (QED) is 0.877. The lowest BCUT2D eigenvalue weighted by atomic mass is 9.92. The largest absolute Gasteiger partial charge is 0.337 e. The summed E-state index contributed by atoms with van der Waals surface area (Å²) in [5.41, 5.74) is 1.15. The van der Waals surface area contributed by atoms with Crippen molar-refractivity contribution in [1.82, 2.24) is 20.8 Å². The Kier molecular flexibility index (Phi) is 5.13. The number of benzene rings is 1. The molecule has 2 amide bonds. The minimum Gasteiger partial charge on any atom is -0.337 e. The zero-order valence-electron chi connectivity index (χ0n) is 14.2. The van der Waals surface area contributed by atoms with Gasteiger partial charge in [0.15, 0.2) is 5.82 Å². The van der Waals surface area contributed by atoms with Crippen molar-refractivity contribution in [3.8, 4) is 0 Å². The van der Waals surface area contributed by atoms with E-state index in [-0.39, 0.29) is 18.1 Å². The normalized spacial score (nSPS) is 17.4. The van der Waals surface area contributed by atoms with Gasteiger partial charge in [0.2, 0.25) is 5.89 Å². The van der Waals surface area contributed by atoms with Crippen LogP contribution in [0.4, 0.5) is 4.79 Å². The highest BCUT2D eigenvalue weighted by Gasteiger charge is 2.28. The fourth-order valence-electron chi connectivity index (χ4n) is 3.35. The van der Waals surface area contributed by atoms with Gasteiger partial charge in [0, 0.05) is 0 Å². The molecule has 1 aromatic heterocycles. The molecule has 0 radical (unpaired) electrons. The monoisotopic (exact) mass is 328 g/mol. The van der Waals surface area contributed by atoms with Crippen molar-refractivity contribution in [3.05, 3.63) is 47.6 Å². The second kappa shape index (κ2) is 7.47. The number of carbonyl (C=O) groups excluding carboxylic acids is 1. The maximum Gasteiger partial charge on any atom is 0.315 e. The van der Waals surface area contributed by atoms with Crippen LogP contribution in [0.5, 0.6) is 0 Å². The van der Waals surface area contributed by atoms with Gasteiger partial charge >= 0.3 is 6.03 Å². The van der Waals surface area contributed by atoms with Crippen molar-refractivity contribution >= 4 is 6.03 Å². The molecule has 0 saturated heterocycles.